The lowest BCUT2D eigenvalue weighted by molar-refractivity contribution is -0.384. The summed E-state index contributed by atoms with van der Waals surface area (Å²) >= 11 is 2.06. The minimum absolute atomic E-state index is 0. The van der Waals surface area contributed by atoms with E-state index in [0.717, 1.165) is 20.4 Å². The van der Waals surface area contributed by atoms with Crippen LogP contribution in [0.2, 0.25) is 0 Å². The first-order chi connectivity index (χ1) is 12.4. The summed E-state index contributed by atoms with van der Waals surface area (Å²) < 4.78 is 0.812. The molecule has 1 heterocycles. The predicted octanol–water partition coefficient (Wildman–Crippen LogP) is 4.62. The number of hydrogen-bond donors (Lipinski definition) is 1. The van der Waals surface area contributed by atoms with Gasteiger partial charge in [0.05, 0.1) is 4.92 Å². The van der Waals surface area contributed by atoms with Crippen LogP contribution in [0, 0.1) is 13.7 Å². The van der Waals surface area contributed by atoms with Crippen molar-refractivity contribution >= 4 is 45.6 Å². The Morgan fingerprint density at radius 3 is 2.41 bits per heavy atom. The van der Waals surface area contributed by atoms with Gasteiger partial charge in [-0.05, 0) is 52.4 Å². The Balaban J connectivity index is 0.00000261. The number of hydrogen-bond acceptors (Lipinski definition) is 6. The van der Waals surface area contributed by atoms with Gasteiger partial charge in [-0.15, -0.1) is 0 Å². The third kappa shape index (κ3) is 4.88. The van der Waals surface area contributed by atoms with Gasteiger partial charge in [-0.1, -0.05) is 12.1 Å². The molecule has 3 aromatic rings. The van der Waals surface area contributed by atoms with Crippen LogP contribution in [0.1, 0.15) is 0 Å². The number of aromatic nitrogens is 2. The molecule has 0 amide bonds. The van der Waals surface area contributed by atoms with Crippen molar-refractivity contribution in [2.24, 2.45) is 0 Å². The van der Waals surface area contributed by atoms with Crippen LogP contribution < -0.4 is 10.2 Å². The van der Waals surface area contributed by atoms with Gasteiger partial charge in [0.25, 0.3) is 5.69 Å². The van der Waals surface area contributed by atoms with Crippen molar-refractivity contribution in [2.45, 2.75) is 0 Å². The topological polar surface area (TPSA) is 84.2 Å². The third-order valence-electron chi connectivity index (χ3n) is 3.67. The maximum absolute atomic E-state index is 11.3. The fraction of sp³-hybridized carbons (Fsp3) is 0.111. The zero-order chi connectivity index (χ0) is 18.7. The van der Waals surface area contributed by atoms with Crippen molar-refractivity contribution in [3.8, 4) is 11.1 Å². The van der Waals surface area contributed by atoms with Crippen molar-refractivity contribution < 1.29 is 9.63 Å². The minimum Gasteiger partial charge on any atom is -0.350 e. The Morgan fingerprint density at radius 2 is 1.78 bits per heavy atom. The lowest BCUT2D eigenvalue weighted by Crippen LogP contribution is -2.12. The number of nitrogens with one attached hydrogen (secondary N) is 1. The highest BCUT2D eigenvalue weighted by Gasteiger charge is 2.14. The van der Waals surface area contributed by atoms with Gasteiger partial charge in [-0.3, -0.25) is 14.8 Å². The molecule has 7 nitrogen and oxygen atoms in total. The van der Waals surface area contributed by atoms with Gasteiger partial charge in [0.1, 0.15) is 5.69 Å². The maximum atomic E-state index is 11.3. The number of nitrogens with zero attached hydrogens (tertiary/aromatic N) is 4. The second kappa shape index (κ2) is 8.71. The van der Waals surface area contributed by atoms with Crippen LogP contribution in [-0.2, 0) is 0 Å². The van der Waals surface area contributed by atoms with Crippen molar-refractivity contribution in [3.05, 3.63) is 68.5 Å². The SMILES string of the molecule is CN(C)c1ncc(-c2cccc(Nc3ccc(I)cc3[N+](=O)[O-])c2)cn1.F. The third-order valence-corrected chi connectivity index (χ3v) is 4.34. The van der Waals surface area contributed by atoms with Crippen molar-refractivity contribution in [2.75, 3.05) is 24.3 Å². The highest BCUT2D eigenvalue weighted by atomic mass is 127. The summed E-state index contributed by atoms with van der Waals surface area (Å²) in [5.74, 6) is 0.637. The molecule has 2 aromatic carbocycles. The van der Waals surface area contributed by atoms with E-state index in [1.54, 1.807) is 24.5 Å². The van der Waals surface area contributed by atoms with Crippen LogP contribution in [-0.4, -0.2) is 29.0 Å². The second-order valence-electron chi connectivity index (χ2n) is 5.79. The summed E-state index contributed by atoms with van der Waals surface area (Å²) in [4.78, 5) is 21.4. The first kappa shape index (κ1) is 20.5. The van der Waals surface area contributed by atoms with E-state index >= 15 is 0 Å². The lowest BCUT2D eigenvalue weighted by Gasteiger charge is -2.11. The van der Waals surface area contributed by atoms with E-state index in [2.05, 4.69) is 37.9 Å². The molecular formula is C18H17FIN5O2. The Kier molecular flexibility index (Phi) is 6.61. The molecule has 0 radical (unpaired) electrons. The molecular weight excluding hydrogens is 464 g/mol. The van der Waals surface area contributed by atoms with Crippen LogP contribution >= 0.6 is 22.6 Å². The smallest absolute Gasteiger partial charge is 0.293 e. The van der Waals surface area contributed by atoms with E-state index in [-0.39, 0.29) is 15.3 Å². The average molecular weight is 481 g/mol. The highest BCUT2D eigenvalue weighted by Crippen LogP contribution is 2.30. The average Bonchev–Trinajstić information content (AvgIpc) is 2.63. The minimum atomic E-state index is -0.387. The van der Waals surface area contributed by atoms with Crippen molar-refractivity contribution in [1.29, 1.82) is 0 Å². The zero-order valence-corrected chi connectivity index (χ0v) is 16.7. The fourth-order valence-electron chi connectivity index (χ4n) is 2.39. The fourth-order valence-corrected chi connectivity index (χ4v) is 2.87. The summed E-state index contributed by atoms with van der Waals surface area (Å²) in [6, 6.07) is 12.7. The Bertz CT molecular complexity index is 951. The first-order valence-electron chi connectivity index (χ1n) is 7.75. The summed E-state index contributed by atoms with van der Waals surface area (Å²) in [5, 5.41) is 14.4. The summed E-state index contributed by atoms with van der Waals surface area (Å²) in [7, 11) is 3.76. The zero-order valence-electron chi connectivity index (χ0n) is 14.6. The molecule has 0 unspecified atom stereocenters. The standard InChI is InChI=1S/C18H16IN5O2.FH/c1-23(2)18-20-10-13(11-21-18)12-4-3-5-15(8-12)22-16-7-6-14(19)9-17(16)24(25)26;/h3-11,22H,1-2H3;1H. The van der Waals surface area contributed by atoms with Crippen LogP contribution in [0.3, 0.4) is 0 Å². The molecule has 0 atom stereocenters. The maximum Gasteiger partial charge on any atom is 0.293 e. The van der Waals surface area contributed by atoms with Gasteiger partial charge in [0.2, 0.25) is 5.95 Å². The molecule has 0 bridgehead atoms. The molecule has 3 rings (SSSR count). The van der Waals surface area contributed by atoms with Crippen LogP contribution in [0.4, 0.5) is 27.7 Å². The Hall–Kier alpha value is -2.82. The molecule has 1 aromatic heterocycles. The summed E-state index contributed by atoms with van der Waals surface area (Å²) in [5.41, 5.74) is 3.04. The Morgan fingerprint density at radius 1 is 1.07 bits per heavy atom. The van der Waals surface area contributed by atoms with Crippen LogP contribution in [0.5, 0.6) is 0 Å². The second-order valence-corrected chi connectivity index (χ2v) is 7.04. The van der Waals surface area contributed by atoms with Gasteiger partial charge >= 0.3 is 0 Å². The predicted molar refractivity (Wildman–Crippen MR) is 113 cm³/mol. The van der Waals surface area contributed by atoms with Gasteiger partial charge < -0.3 is 10.2 Å². The quantitative estimate of drug-likeness (QED) is 0.326. The molecule has 0 saturated heterocycles. The van der Waals surface area contributed by atoms with Gasteiger partial charge in [-0.2, -0.15) is 0 Å². The van der Waals surface area contributed by atoms with Crippen LogP contribution in [0.15, 0.2) is 54.9 Å². The Labute approximate surface area is 169 Å². The molecule has 27 heavy (non-hydrogen) atoms. The van der Waals surface area contributed by atoms with E-state index in [4.69, 9.17) is 0 Å². The van der Waals surface area contributed by atoms with E-state index in [1.165, 1.54) is 0 Å². The van der Waals surface area contributed by atoms with E-state index in [9.17, 15) is 10.1 Å². The molecule has 0 aliphatic carbocycles. The summed E-state index contributed by atoms with van der Waals surface area (Å²) in [6.45, 7) is 0. The molecule has 9 heteroatoms. The van der Waals surface area contributed by atoms with E-state index in [1.807, 2.05) is 49.3 Å². The normalized spacial score (nSPS) is 10.0. The molecule has 0 aliphatic rings. The molecule has 0 aliphatic heterocycles. The molecule has 140 valence electrons. The summed E-state index contributed by atoms with van der Waals surface area (Å²) in [6.07, 6.45) is 3.52. The molecule has 0 saturated carbocycles. The van der Waals surface area contributed by atoms with Gasteiger partial charge in [0.15, 0.2) is 0 Å². The van der Waals surface area contributed by atoms with E-state index < -0.39 is 0 Å². The first-order valence-corrected chi connectivity index (χ1v) is 8.82. The largest absolute Gasteiger partial charge is 0.350 e. The number of nitro groups is 1. The number of benzene rings is 2. The number of anilines is 3. The van der Waals surface area contributed by atoms with Crippen LogP contribution in [0.25, 0.3) is 11.1 Å². The van der Waals surface area contributed by atoms with Crippen molar-refractivity contribution in [1.82, 2.24) is 9.97 Å². The molecule has 0 fully saturated rings. The monoisotopic (exact) mass is 481 g/mol. The highest BCUT2D eigenvalue weighted by molar-refractivity contribution is 14.1. The number of nitro benzene ring substituents is 1. The lowest BCUT2D eigenvalue weighted by atomic mass is 10.1. The van der Waals surface area contributed by atoms with Crippen molar-refractivity contribution in [3.63, 3.8) is 0 Å². The van der Waals surface area contributed by atoms with Gasteiger partial charge in [0, 0.05) is 47.4 Å². The molecule has 1 N–H and O–H groups in total. The molecule has 0 spiro atoms. The number of halogens is 2. The number of rotatable bonds is 5. The van der Waals surface area contributed by atoms with Gasteiger partial charge in [-0.25, -0.2) is 9.97 Å². The van der Waals surface area contributed by atoms with E-state index in [0.29, 0.717) is 11.6 Å².